The van der Waals surface area contributed by atoms with Gasteiger partial charge in [-0.15, -0.1) is 11.3 Å². The molecule has 1 fully saturated rings. The van der Waals surface area contributed by atoms with Crippen LogP contribution in [0.1, 0.15) is 25.0 Å². The molecule has 2 atom stereocenters. The minimum absolute atomic E-state index is 0.0919. The first-order valence-electron chi connectivity index (χ1n) is 7.75. The lowest BCUT2D eigenvalue weighted by molar-refractivity contribution is -0.142. The van der Waals surface area contributed by atoms with Gasteiger partial charge in [-0.25, -0.2) is 9.37 Å². The van der Waals surface area contributed by atoms with Gasteiger partial charge in [0.15, 0.2) is 0 Å². The lowest BCUT2D eigenvalue weighted by Gasteiger charge is -2.17. The van der Waals surface area contributed by atoms with Gasteiger partial charge in [-0.2, -0.15) is 0 Å². The summed E-state index contributed by atoms with van der Waals surface area (Å²) in [4.78, 5) is 27.6. The van der Waals surface area contributed by atoms with Crippen LogP contribution in [0.3, 0.4) is 0 Å². The fourth-order valence-corrected chi connectivity index (χ4v) is 3.81. The van der Waals surface area contributed by atoms with Gasteiger partial charge in [0.25, 0.3) is 0 Å². The van der Waals surface area contributed by atoms with Gasteiger partial charge >= 0.3 is 5.97 Å². The number of halogens is 1. The zero-order valence-electron chi connectivity index (χ0n) is 12.9. The van der Waals surface area contributed by atoms with Crippen LogP contribution in [-0.4, -0.2) is 28.0 Å². The average Bonchev–Trinajstić information content (AvgIpc) is 3.16. The molecule has 126 valence electrons. The largest absolute Gasteiger partial charge is 0.481 e. The normalized spacial score (nSPS) is 20.0. The summed E-state index contributed by atoms with van der Waals surface area (Å²) in [5, 5.41) is 14.4. The molecule has 0 radical (unpaired) electrons. The number of hydrogen-bond acceptors (Lipinski definition) is 4. The second-order valence-electron chi connectivity index (χ2n) is 5.88. The number of aliphatic carboxylic acids is 1. The van der Waals surface area contributed by atoms with Crippen molar-refractivity contribution in [2.75, 3.05) is 0 Å². The van der Waals surface area contributed by atoms with Crippen LogP contribution in [0, 0.1) is 11.7 Å². The monoisotopic (exact) mass is 348 g/mol. The molecule has 1 saturated carbocycles. The molecule has 2 aromatic rings. The summed E-state index contributed by atoms with van der Waals surface area (Å²) >= 11 is 1.35. The van der Waals surface area contributed by atoms with Crippen LogP contribution < -0.4 is 5.32 Å². The van der Waals surface area contributed by atoms with Gasteiger partial charge in [-0.1, -0.05) is 18.6 Å². The number of benzene rings is 1. The lowest BCUT2D eigenvalue weighted by atomic mass is 10.0. The number of nitrogens with one attached hydrogen (secondary N) is 1. The molecule has 0 aliphatic heterocycles. The summed E-state index contributed by atoms with van der Waals surface area (Å²) in [7, 11) is 0. The molecule has 1 amide bonds. The highest BCUT2D eigenvalue weighted by Crippen LogP contribution is 2.27. The van der Waals surface area contributed by atoms with E-state index in [-0.39, 0.29) is 24.2 Å². The Labute approximate surface area is 142 Å². The number of hydrogen-bond donors (Lipinski definition) is 2. The van der Waals surface area contributed by atoms with Crippen LogP contribution in [0.25, 0.3) is 10.6 Å². The maximum Gasteiger partial charge on any atom is 0.308 e. The number of thiazole rings is 1. The molecule has 2 N–H and O–H groups in total. The highest BCUT2D eigenvalue weighted by atomic mass is 32.1. The summed E-state index contributed by atoms with van der Waals surface area (Å²) < 4.78 is 13.3. The number of nitrogens with zero attached hydrogens (tertiary/aromatic N) is 1. The van der Waals surface area contributed by atoms with E-state index in [4.69, 9.17) is 5.11 Å². The Morgan fingerprint density at radius 1 is 1.38 bits per heavy atom. The minimum atomic E-state index is -0.861. The maximum absolute atomic E-state index is 13.3. The zero-order valence-corrected chi connectivity index (χ0v) is 13.7. The highest BCUT2D eigenvalue weighted by molar-refractivity contribution is 7.13. The third kappa shape index (κ3) is 3.79. The summed E-state index contributed by atoms with van der Waals surface area (Å²) in [6.07, 6.45) is 2.19. The van der Waals surface area contributed by atoms with Gasteiger partial charge in [0.2, 0.25) is 5.91 Å². The van der Waals surface area contributed by atoms with Crippen molar-refractivity contribution in [2.24, 2.45) is 5.92 Å². The Morgan fingerprint density at radius 3 is 2.96 bits per heavy atom. The van der Waals surface area contributed by atoms with Gasteiger partial charge in [0, 0.05) is 17.0 Å². The molecule has 3 rings (SSSR count). The van der Waals surface area contributed by atoms with E-state index < -0.39 is 11.9 Å². The van der Waals surface area contributed by atoms with Crippen molar-refractivity contribution in [2.45, 2.75) is 31.7 Å². The van der Waals surface area contributed by atoms with Crippen LogP contribution >= 0.6 is 11.3 Å². The van der Waals surface area contributed by atoms with E-state index in [1.807, 2.05) is 0 Å². The van der Waals surface area contributed by atoms with Crippen LogP contribution in [0.4, 0.5) is 4.39 Å². The van der Waals surface area contributed by atoms with Crippen LogP contribution in [-0.2, 0) is 16.0 Å². The minimum Gasteiger partial charge on any atom is -0.481 e. The Hall–Kier alpha value is -2.28. The van der Waals surface area contributed by atoms with Crippen LogP contribution in [0.2, 0.25) is 0 Å². The molecule has 5 nitrogen and oxygen atoms in total. The summed E-state index contributed by atoms with van der Waals surface area (Å²) in [6.45, 7) is 0. The van der Waals surface area contributed by atoms with Gasteiger partial charge < -0.3 is 10.4 Å². The van der Waals surface area contributed by atoms with Gasteiger partial charge in [0.05, 0.1) is 18.0 Å². The van der Waals surface area contributed by atoms with Crippen molar-refractivity contribution in [1.29, 1.82) is 0 Å². The molecule has 1 aromatic heterocycles. The summed E-state index contributed by atoms with van der Waals surface area (Å²) in [5.41, 5.74) is 1.27. The second-order valence-corrected chi connectivity index (χ2v) is 6.74. The standard InChI is InChI=1S/C17H17FN2O3S/c18-11-4-1-3-10(7-11)16-19-12(9-24-16)8-15(21)20-14-6-2-5-13(14)17(22)23/h1,3-4,7,9,13-14H,2,5-6,8H2,(H,20,21)(H,22,23)/t13-,14+/m1/s1. The first-order valence-corrected chi connectivity index (χ1v) is 8.63. The van der Waals surface area contributed by atoms with Crippen molar-refractivity contribution in [1.82, 2.24) is 10.3 Å². The second kappa shape index (κ2) is 7.09. The van der Waals surface area contributed by atoms with Crippen molar-refractivity contribution in [3.05, 3.63) is 41.2 Å². The quantitative estimate of drug-likeness (QED) is 0.871. The van der Waals surface area contributed by atoms with Gasteiger partial charge in [-0.3, -0.25) is 9.59 Å². The molecular weight excluding hydrogens is 331 g/mol. The smallest absolute Gasteiger partial charge is 0.308 e. The summed E-state index contributed by atoms with van der Waals surface area (Å²) in [6, 6.07) is 5.84. The molecular formula is C17H17FN2O3S. The Bertz CT molecular complexity index is 762. The van der Waals surface area contributed by atoms with E-state index in [1.165, 1.54) is 23.5 Å². The van der Waals surface area contributed by atoms with E-state index >= 15 is 0 Å². The molecule has 1 heterocycles. The molecule has 24 heavy (non-hydrogen) atoms. The predicted molar refractivity (Wildman–Crippen MR) is 88.1 cm³/mol. The van der Waals surface area contributed by atoms with Crippen molar-refractivity contribution < 1.29 is 19.1 Å². The van der Waals surface area contributed by atoms with E-state index in [2.05, 4.69) is 10.3 Å². The Balaban J connectivity index is 1.62. The number of amides is 1. The fraction of sp³-hybridized carbons (Fsp3) is 0.353. The molecule has 0 unspecified atom stereocenters. The SMILES string of the molecule is O=C(Cc1csc(-c2cccc(F)c2)n1)N[C@H]1CCC[C@H]1C(=O)O. The van der Waals surface area contributed by atoms with Crippen molar-refractivity contribution in [3.8, 4) is 10.6 Å². The number of carbonyl (C=O) groups is 2. The molecule has 7 heteroatoms. The molecule has 0 saturated heterocycles. The average molecular weight is 348 g/mol. The number of carboxylic acids is 1. The number of carboxylic acid groups (broad SMARTS) is 1. The molecule has 1 aromatic carbocycles. The third-order valence-corrected chi connectivity index (χ3v) is 5.08. The molecule has 0 spiro atoms. The topological polar surface area (TPSA) is 79.3 Å². The summed E-state index contributed by atoms with van der Waals surface area (Å²) in [5.74, 6) is -1.93. The van der Waals surface area contributed by atoms with Crippen LogP contribution in [0.5, 0.6) is 0 Å². The van der Waals surface area contributed by atoms with Crippen LogP contribution in [0.15, 0.2) is 29.6 Å². The fourth-order valence-electron chi connectivity index (χ4n) is 2.99. The number of carbonyl (C=O) groups excluding carboxylic acids is 1. The van der Waals surface area contributed by atoms with Gasteiger partial charge in [0.1, 0.15) is 10.8 Å². The molecule has 1 aliphatic rings. The van der Waals surface area contributed by atoms with Crippen molar-refractivity contribution >= 4 is 23.2 Å². The van der Waals surface area contributed by atoms with Gasteiger partial charge in [-0.05, 0) is 25.0 Å². The lowest BCUT2D eigenvalue weighted by Crippen LogP contribution is -2.40. The van der Waals surface area contributed by atoms with E-state index in [9.17, 15) is 14.0 Å². The highest BCUT2D eigenvalue weighted by Gasteiger charge is 2.33. The zero-order chi connectivity index (χ0) is 17.1. The first kappa shape index (κ1) is 16.6. The Kier molecular flexibility index (Phi) is 4.89. The van der Waals surface area contributed by atoms with E-state index in [1.54, 1.807) is 17.5 Å². The van der Waals surface area contributed by atoms with Crippen molar-refractivity contribution in [3.63, 3.8) is 0 Å². The van der Waals surface area contributed by atoms with E-state index in [0.29, 0.717) is 29.1 Å². The Morgan fingerprint density at radius 2 is 2.21 bits per heavy atom. The first-order chi connectivity index (χ1) is 11.5. The molecule has 1 aliphatic carbocycles. The number of rotatable bonds is 5. The third-order valence-electron chi connectivity index (χ3n) is 4.14. The predicted octanol–water partition coefficient (Wildman–Crippen LogP) is 2.86. The number of aromatic nitrogens is 1. The molecule has 0 bridgehead atoms. The van der Waals surface area contributed by atoms with E-state index in [0.717, 1.165) is 6.42 Å². The maximum atomic E-state index is 13.3.